The zero-order valence-corrected chi connectivity index (χ0v) is 16.0. The highest BCUT2D eigenvalue weighted by Gasteiger charge is 2.27. The summed E-state index contributed by atoms with van der Waals surface area (Å²) in [6.07, 6.45) is 2.86. The van der Waals surface area contributed by atoms with Crippen molar-refractivity contribution in [2.24, 2.45) is 5.92 Å². The summed E-state index contributed by atoms with van der Waals surface area (Å²) in [6, 6.07) is 6.73. The van der Waals surface area contributed by atoms with Gasteiger partial charge in [-0.25, -0.2) is 4.79 Å². The number of hydrogen-bond donors (Lipinski definition) is 1. The van der Waals surface area contributed by atoms with Crippen molar-refractivity contribution in [3.05, 3.63) is 23.8 Å². The molecule has 1 aliphatic heterocycles. The Morgan fingerprint density at radius 1 is 1.29 bits per heavy atom. The number of rotatable bonds is 4. The fourth-order valence-electron chi connectivity index (χ4n) is 3.24. The molecule has 0 fully saturated rings. The Morgan fingerprint density at radius 3 is 2.62 bits per heavy atom. The zero-order chi connectivity index (χ0) is 17.9. The van der Waals surface area contributed by atoms with Crippen molar-refractivity contribution in [3.63, 3.8) is 0 Å². The van der Waals surface area contributed by atoms with E-state index < -0.39 is 5.60 Å². The van der Waals surface area contributed by atoms with E-state index in [1.54, 1.807) is 4.90 Å². The normalized spacial score (nSPS) is 15.9. The van der Waals surface area contributed by atoms with Gasteiger partial charge in [-0.15, -0.1) is 0 Å². The van der Waals surface area contributed by atoms with E-state index in [9.17, 15) is 4.79 Å². The molecule has 2 rings (SSSR count). The van der Waals surface area contributed by atoms with Gasteiger partial charge in [0.2, 0.25) is 0 Å². The molecule has 1 atom stereocenters. The Bertz CT molecular complexity index is 575. The summed E-state index contributed by atoms with van der Waals surface area (Å²) >= 11 is 0. The van der Waals surface area contributed by atoms with Gasteiger partial charge in [0.25, 0.3) is 0 Å². The fraction of sp³-hybridized carbons (Fsp3) is 0.650. The molecule has 1 aromatic rings. The van der Waals surface area contributed by atoms with Crippen LogP contribution in [0.15, 0.2) is 18.2 Å². The van der Waals surface area contributed by atoms with Crippen LogP contribution in [0, 0.1) is 5.92 Å². The van der Waals surface area contributed by atoms with E-state index in [2.05, 4.69) is 38.2 Å². The first-order valence-electron chi connectivity index (χ1n) is 9.05. The highest BCUT2D eigenvalue weighted by atomic mass is 16.6. The zero-order valence-electron chi connectivity index (χ0n) is 16.0. The van der Waals surface area contributed by atoms with Crippen molar-refractivity contribution in [1.82, 2.24) is 0 Å². The molecule has 0 bridgehead atoms. The quantitative estimate of drug-likeness (QED) is 0.822. The van der Waals surface area contributed by atoms with Gasteiger partial charge in [-0.1, -0.05) is 13.8 Å². The number of aryl methyl sites for hydroxylation is 1. The molecule has 1 unspecified atom stereocenters. The third-order valence-electron chi connectivity index (χ3n) is 4.05. The number of nitrogens with one attached hydrogen (secondary N) is 1. The maximum atomic E-state index is 12.4. The standard InChI is InChI=1S/C20H32N2O2/c1-14(2)12-15(3)21-17-9-10-18-16(13-17)8-7-11-22(18)19(23)24-20(4,5)6/h9-10,13-15,21H,7-8,11-12H2,1-6H3. The number of carbonyl (C=O) groups excluding carboxylic acids is 1. The molecular weight excluding hydrogens is 300 g/mol. The van der Waals surface area contributed by atoms with Gasteiger partial charge < -0.3 is 10.1 Å². The number of carbonyl (C=O) groups is 1. The molecule has 0 saturated carbocycles. The van der Waals surface area contributed by atoms with Crippen LogP contribution in [0.2, 0.25) is 0 Å². The SMILES string of the molecule is CC(C)CC(C)Nc1ccc2c(c1)CCCN2C(=O)OC(C)(C)C. The van der Waals surface area contributed by atoms with Gasteiger partial charge in [0, 0.05) is 18.3 Å². The van der Waals surface area contributed by atoms with Crippen molar-refractivity contribution in [3.8, 4) is 0 Å². The minimum atomic E-state index is -0.470. The average Bonchev–Trinajstić information content (AvgIpc) is 2.43. The van der Waals surface area contributed by atoms with E-state index in [4.69, 9.17) is 4.74 Å². The van der Waals surface area contributed by atoms with Crippen molar-refractivity contribution in [2.75, 3.05) is 16.8 Å². The Balaban J connectivity index is 2.13. The number of ether oxygens (including phenoxy) is 1. The van der Waals surface area contributed by atoms with E-state index in [1.165, 1.54) is 5.56 Å². The number of amides is 1. The number of nitrogens with zero attached hydrogens (tertiary/aromatic N) is 1. The first-order chi connectivity index (χ1) is 11.2. The smallest absolute Gasteiger partial charge is 0.414 e. The lowest BCUT2D eigenvalue weighted by Crippen LogP contribution is -2.39. The highest BCUT2D eigenvalue weighted by molar-refractivity contribution is 5.90. The summed E-state index contributed by atoms with van der Waals surface area (Å²) in [7, 11) is 0. The van der Waals surface area contributed by atoms with Crippen LogP contribution < -0.4 is 10.2 Å². The Kier molecular flexibility index (Phi) is 5.79. The van der Waals surface area contributed by atoms with E-state index in [1.807, 2.05) is 26.8 Å². The molecule has 1 N–H and O–H groups in total. The lowest BCUT2D eigenvalue weighted by molar-refractivity contribution is 0.0578. The van der Waals surface area contributed by atoms with Gasteiger partial charge in [0.05, 0.1) is 5.69 Å². The molecule has 1 aromatic carbocycles. The molecular formula is C20H32N2O2. The maximum Gasteiger partial charge on any atom is 0.414 e. The van der Waals surface area contributed by atoms with Crippen LogP contribution in [0.3, 0.4) is 0 Å². The van der Waals surface area contributed by atoms with E-state index >= 15 is 0 Å². The fourth-order valence-corrected chi connectivity index (χ4v) is 3.24. The van der Waals surface area contributed by atoms with Crippen molar-refractivity contribution in [2.45, 2.75) is 72.4 Å². The van der Waals surface area contributed by atoms with E-state index in [0.29, 0.717) is 12.0 Å². The molecule has 0 radical (unpaired) electrons. The Hall–Kier alpha value is -1.71. The predicted molar refractivity (Wildman–Crippen MR) is 101 cm³/mol. The lowest BCUT2D eigenvalue weighted by Gasteiger charge is -2.32. The summed E-state index contributed by atoms with van der Waals surface area (Å²) in [5.74, 6) is 0.674. The number of benzene rings is 1. The third kappa shape index (κ3) is 5.15. The second-order valence-corrected chi connectivity index (χ2v) is 8.25. The molecule has 0 aliphatic carbocycles. The summed E-state index contributed by atoms with van der Waals surface area (Å²) < 4.78 is 5.54. The van der Waals surface area contributed by atoms with Gasteiger partial charge in [-0.05, 0) is 76.6 Å². The van der Waals surface area contributed by atoms with Crippen LogP contribution in [-0.2, 0) is 11.2 Å². The Morgan fingerprint density at radius 2 is 2.00 bits per heavy atom. The van der Waals surface area contributed by atoms with Gasteiger partial charge in [-0.3, -0.25) is 4.90 Å². The highest BCUT2D eigenvalue weighted by Crippen LogP contribution is 2.31. The number of fused-ring (bicyclic) bond motifs is 1. The van der Waals surface area contributed by atoms with Crippen LogP contribution in [-0.4, -0.2) is 24.3 Å². The average molecular weight is 332 g/mol. The van der Waals surface area contributed by atoms with Gasteiger partial charge >= 0.3 is 6.09 Å². The van der Waals surface area contributed by atoms with Crippen LogP contribution in [0.4, 0.5) is 16.2 Å². The minimum absolute atomic E-state index is 0.252. The Labute approximate surface area is 146 Å². The van der Waals surface area contributed by atoms with Crippen LogP contribution in [0.25, 0.3) is 0 Å². The first-order valence-corrected chi connectivity index (χ1v) is 9.05. The molecule has 0 aromatic heterocycles. The molecule has 1 heterocycles. The molecule has 4 nitrogen and oxygen atoms in total. The van der Waals surface area contributed by atoms with Gasteiger partial charge in [0.15, 0.2) is 0 Å². The number of hydrogen-bond acceptors (Lipinski definition) is 3. The predicted octanol–water partition coefficient (Wildman–Crippen LogP) is 5.22. The summed E-state index contributed by atoms with van der Waals surface area (Å²) in [5, 5.41) is 3.57. The maximum absolute atomic E-state index is 12.4. The number of anilines is 2. The minimum Gasteiger partial charge on any atom is -0.443 e. The summed E-state index contributed by atoms with van der Waals surface area (Å²) in [5.41, 5.74) is 2.86. The molecule has 1 amide bonds. The second kappa shape index (κ2) is 7.45. The van der Waals surface area contributed by atoms with Crippen LogP contribution >= 0.6 is 0 Å². The topological polar surface area (TPSA) is 41.6 Å². The van der Waals surface area contributed by atoms with Crippen LogP contribution in [0.1, 0.15) is 59.9 Å². The molecule has 24 heavy (non-hydrogen) atoms. The van der Waals surface area contributed by atoms with Crippen molar-refractivity contribution >= 4 is 17.5 Å². The monoisotopic (exact) mass is 332 g/mol. The summed E-state index contributed by atoms with van der Waals surface area (Å²) in [6.45, 7) is 13.1. The second-order valence-electron chi connectivity index (χ2n) is 8.25. The molecule has 1 aliphatic rings. The third-order valence-corrected chi connectivity index (χ3v) is 4.05. The van der Waals surface area contributed by atoms with E-state index in [0.717, 1.165) is 37.2 Å². The molecule has 0 saturated heterocycles. The molecule has 134 valence electrons. The molecule has 4 heteroatoms. The molecule has 0 spiro atoms. The summed E-state index contributed by atoms with van der Waals surface area (Å²) in [4.78, 5) is 14.2. The van der Waals surface area contributed by atoms with E-state index in [-0.39, 0.29) is 6.09 Å². The van der Waals surface area contributed by atoms with Gasteiger partial charge in [-0.2, -0.15) is 0 Å². The van der Waals surface area contributed by atoms with Crippen molar-refractivity contribution in [1.29, 1.82) is 0 Å². The largest absolute Gasteiger partial charge is 0.443 e. The lowest BCUT2D eigenvalue weighted by atomic mass is 10.0. The van der Waals surface area contributed by atoms with Crippen LogP contribution in [0.5, 0.6) is 0 Å². The first kappa shape index (κ1) is 18.6. The van der Waals surface area contributed by atoms with Crippen molar-refractivity contribution < 1.29 is 9.53 Å². The van der Waals surface area contributed by atoms with Gasteiger partial charge in [0.1, 0.15) is 5.60 Å².